The number of aromatic nitrogens is 1. The Balaban J connectivity index is 2.21. The van der Waals surface area contributed by atoms with Crippen molar-refractivity contribution in [3.05, 3.63) is 91.1 Å². The number of halogens is 3. The Labute approximate surface area is 159 Å². The Morgan fingerprint density at radius 2 is 1.68 bits per heavy atom. The van der Waals surface area contributed by atoms with Gasteiger partial charge in [-0.1, -0.05) is 59.1 Å². The van der Waals surface area contributed by atoms with Crippen molar-refractivity contribution in [2.45, 2.75) is 6.54 Å². The van der Waals surface area contributed by atoms with E-state index < -0.39 is 0 Å². The molecule has 0 N–H and O–H groups in total. The van der Waals surface area contributed by atoms with E-state index in [-0.39, 0.29) is 17.7 Å². The van der Waals surface area contributed by atoms with Gasteiger partial charge in [0.15, 0.2) is 0 Å². The lowest BCUT2D eigenvalue weighted by Gasteiger charge is -2.15. The van der Waals surface area contributed by atoms with Gasteiger partial charge in [0, 0.05) is 5.02 Å². The highest BCUT2D eigenvalue weighted by atomic mass is 35.5. The molecule has 25 heavy (non-hydrogen) atoms. The summed E-state index contributed by atoms with van der Waals surface area (Å²) in [4.78, 5) is 12.7. The second-order valence-electron chi connectivity index (χ2n) is 5.36. The van der Waals surface area contributed by atoms with E-state index in [2.05, 4.69) is 0 Å². The zero-order chi connectivity index (χ0) is 18.0. The molecular formula is C19H11Cl3N2O. The van der Waals surface area contributed by atoms with Crippen LogP contribution in [0.15, 0.2) is 59.4 Å². The van der Waals surface area contributed by atoms with E-state index in [0.717, 1.165) is 11.1 Å². The molecule has 1 aromatic heterocycles. The fourth-order valence-electron chi connectivity index (χ4n) is 2.52. The average Bonchev–Trinajstić information content (AvgIpc) is 2.61. The summed E-state index contributed by atoms with van der Waals surface area (Å²) in [6.07, 6.45) is 0. The Morgan fingerprint density at radius 1 is 0.920 bits per heavy atom. The van der Waals surface area contributed by atoms with Crippen LogP contribution in [-0.2, 0) is 6.54 Å². The molecule has 0 bridgehead atoms. The van der Waals surface area contributed by atoms with E-state index in [9.17, 15) is 10.1 Å². The normalized spacial score (nSPS) is 10.5. The van der Waals surface area contributed by atoms with E-state index in [1.54, 1.807) is 30.3 Å². The fraction of sp³-hybridized carbons (Fsp3) is 0.0526. The second-order valence-corrected chi connectivity index (χ2v) is 6.58. The smallest absolute Gasteiger partial charge is 0.269 e. The highest BCUT2D eigenvalue weighted by molar-refractivity contribution is 6.42. The summed E-state index contributed by atoms with van der Waals surface area (Å²) in [5.41, 5.74) is 1.81. The SMILES string of the molecule is N#Cc1ccc(-c2ccc(Cl)c(Cl)c2)n(Cc2ccccc2Cl)c1=O. The maximum Gasteiger partial charge on any atom is 0.269 e. The first-order chi connectivity index (χ1) is 12.0. The van der Waals surface area contributed by atoms with Crippen LogP contribution in [0.2, 0.25) is 15.1 Å². The molecule has 1 heterocycles. The maximum absolute atomic E-state index is 12.7. The fourth-order valence-corrected chi connectivity index (χ4v) is 3.02. The molecular weight excluding hydrogens is 379 g/mol. The van der Waals surface area contributed by atoms with Gasteiger partial charge in [0.1, 0.15) is 11.6 Å². The maximum atomic E-state index is 12.7. The molecule has 0 aliphatic rings. The van der Waals surface area contributed by atoms with Crippen LogP contribution in [0.5, 0.6) is 0 Å². The first-order valence-electron chi connectivity index (χ1n) is 7.34. The van der Waals surface area contributed by atoms with Crippen molar-refractivity contribution in [3.63, 3.8) is 0 Å². The number of nitriles is 1. The Hall–Kier alpha value is -2.25. The zero-order valence-corrected chi connectivity index (χ0v) is 15.1. The van der Waals surface area contributed by atoms with Crippen molar-refractivity contribution in [3.8, 4) is 17.3 Å². The van der Waals surface area contributed by atoms with Gasteiger partial charge in [0.25, 0.3) is 5.56 Å². The van der Waals surface area contributed by atoms with Crippen molar-refractivity contribution in [2.24, 2.45) is 0 Å². The van der Waals surface area contributed by atoms with Crippen LogP contribution in [-0.4, -0.2) is 4.57 Å². The predicted octanol–water partition coefficient (Wildman–Crippen LogP) is 5.40. The monoisotopic (exact) mass is 388 g/mol. The first kappa shape index (κ1) is 17.6. The molecule has 0 amide bonds. The molecule has 3 rings (SSSR count). The van der Waals surface area contributed by atoms with Crippen LogP contribution in [0, 0.1) is 11.3 Å². The summed E-state index contributed by atoms with van der Waals surface area (Å²) in [6.45, 7) is 0.240. The average molecular weight is 390 g/mol. The molecule has 0 radical (unpaired) electrons. The van der Waals surface area contributed by atoms with Crippen molar-refractivity contribution in [2.75, 3.05) is 0 Å². The van der Waals surface area contributed by atoms with E-state index in [1.807, 2.05) is 24.3 Å². The highest BCUT2D eigenvalue weighted by Crippen LogP contribution is 2.29. The molecule has 0 aliphatic carbocycles. The van der Waals surface area contributed by atoms with Gasteiger partial charge in [-0.3, -0.25) is 4.79 Å². The minimum absolute atomic E-state index is 0.0656. The standard InChI is InChI=1S/C19H11Cl3N2O/c20-15-4-2-1-3-14(15)11-24-18(8-6-13(10-23)19(24)25)12-5-7-16(21)17(22)9-12/h1-9H,11H2. The minimum Gasteiger partial charge on any atom is -0.303 e. The number of hydrogen-bond donors (Lipinski definition) is 0. The lowest BCUT2D eigenvalue weighted by molar-refractivity contribution is 0.766. The van der Waals surface area contributed by atoms with E-state index in [0.29, 0.717) is 20.8 Å². The highest BCUT2D eigenvalue weighted by Gasteiger charge is 2.13. The number of pyridine rings is 1. The summed E-state index contributed by atoms with van der Waals surface area (Å²) in [5.74, 6) is 0. The minimum atomic E-state index is -0.383. The molecule has 0 saturated carbocycles. The van der Waals surface area contributed by atoms with Gasteiger partial charge in [0.05, 0.1) is 22.3 Å². The quantitative estimate of drug-likeness (QED) is 0.602. The predicted molar refractivity (Wildman–Crippen MR) is 101 cm³/mol. The van der Waals surface area contributed by atoms with Gasteiger partial charge in [-0.2, -0.15) is 5.26 Å². The molecule has 3 nitrogen and oxygen atoms in total. The summed E-state index contributed by atoms with van der Waals surface area (Å²) in [7, 11) is 0. The second kappa shape index (κ2) is 7.33. The van der Waals surface area contributed by atoms with Crippen molar-refractivity contribution < 1.29 is 0 Å². The van der Waals surface area contributed by atoms with Crippen LogP contribution in [0.4, 0.5) is 0 Å². The van der Waals surface area contributed by atoms with Gasteiger partial charge >= 0.3 is 0 Å². The van der Waals surface area contributed by atoms with Crippen LogP contribution < -0.4 is 5.56 Å². The van der Waals surface area contributed by atoms with Gasteiger partial charge in [-0.25, -0.2) is 0 Å². The van der Waals surface area contributed by atoms with E-state index in [4.69, 9.17) is 34.8 Å². The third-order valence-electron chi connectivity index (χ3n) is 3.80. The molecule has 0 spiro atoms. The third kappa shape index (κ3) is 3.57. The topological polar surface area (TPSA) is 45.8 Å². The van der Waals surface area contributed by atoms with Gasteiger partial charge < -0.3 is 4.57 Å². The van der Waals surface area contributed by atoms with Crippen molar-refractivity contribution in [1.82, 2.24) is 4.57 Å². The summed E-state index contributed by atoms with van der Waals surface area (Å²) < 4.78 is 1.51. The lowest BCUT2D eigenvalue weighted by Crippen LogP contribution is -2.24. The van der Waals surface area contributed by atoms with Crippen molar-refractivity contribution in [1.29, 1.82) is 5.26 Å². The number of nitrogens with zero attached hydrogens (tertiary/aromatic N) is 2. The van der Waals surface area contributed by atoms with Crippen LogP contribution in [0.25, 0.3) is 11.3 Å². The molecule has 2 aromatic carbocycles. The molecule has 0 saturated heterocycles. The molecule has 0 fully saturated rings. The number of rotatable bonds is 3. The van der Waals surface area contributed by atoms with Gasteiger partial charge in [-0.15, -0.1) is 0 Å². The summed E-state index contributed by atoms with van der Waals surface area (Å²) >= 11 is 18.3. The van der Waals surface area contributed by atoms with Crippen LogP contribution in [0.1, 0.15) is 11.1 Å². The molecule has 0 unspecified atom stereocenters. The Kier molecular flexibility index (Phi) is 5.15. The van der Waals surface area contributed by atoms with Gasteiger partial charge in [0.2, 0.25) is 0 Å². The number of benzene rings is 2. The largest absolute Gasteiger partial charge is 0.303 e. The lowest BCUT2D eigenvalue weighted by atomic mass is 10.1. The van der Waals surface area contributed by atoms with Crippen molar-refractivity contribution >= 4 is 34.8 Å². The molecule has 124 valence electrons. The first-order valence-corrected chi connectivity index (χ1v) is 8.47. The van der Waals surface area contributed by atoms with Gasteiger partial charge in [-0.05, 0) is 41.5 Å². The molecule has 6 heteroatoms. The molecule has 0 aliphatic heterocycles. The molecule has 0 atom stereocenters. The summed E-state index contributed by atoms with van der Waals surface area (Å²) in [5, 5.41) is 10.5. The van der Waals surface area contributed by atoms with Crippen LogP contribution >= 0.6 is 34.8 Å². The number of hydrogen-bond acceptors (Lipinski definition) is 2. The Morgan fingerprint density at radius 3 is 2.36 bits per heavy atom. The van der Waals surface area contributed by atoms with Crippen LogP contribution in [0.3, 0.4) is 0 Å². The Bertz CT molecular complexity index is 1050. The van der Waals surface area contributed by atoms with E-state index in [1.165, 1.54) is 10.6 Å². The van der Waals surface area contributed by atoms with E-state index >= 15 is 0 Å². The zero-order valence-electron chi connectivity index (χ0n) is 12.8. The molecule has 3 aromatic rings. The third-order valence-corrected chi connectivity index (χ3v) is 4.90. The summed E-state index contributed by atoms with van der Waals surface area (Å²) in [6, 6.07) is 17.5.